The lowest BCUT2D eigenvalue weighted by molar-refractivity contribution is -0.138. The molecule has 118 valence electrons. The third-order valence-electron chi connectivity index (χ3n) is 2.98. The topological polar surface area (TPSA) is 82.5 Å². The Balaban J connectivity index is 2.25. The van der Waals surface area contributed by atoms with Crippen molar-refractivity contribution in [3.05, 3.63) is 34.0 Å². The second kappa shape index (κ2) is 5.58. The van der Waals surface area contributed by atoms with Crippen LogP contribution in [-0.2, 0) is 15.8 Å². The van der Waals surface area contributed by atoms with Gasteiger partial charge in [-0.05, 0) is 19.1 Å². The van der Waals surface area contributed by atoms with Crippen molar-refractivity contribution >= 4 is 29.2 Å². The third kappa shape index (κ3) is 2.77. The molecule has 1 aliphatic rings. The number of anilines is 1. The molecule has 2 amide bonds. The first kappa shape index (κ1) is 16.2. The Bertz CT molecular complexity index is 688. The molecular formula is C12H9ClF3N3O3. The molecule has 0 atom stereocenters. The zero-order chi connectivity index (χ0) is 16.7. The summed E-state index contributed by atoms with van der Waals surface area (Å²) in [6.07, 6.45) is -4.66. The van der Waals surface area contributed by atoms with Crippen molar-refractivity contribution in [3.8, 4) is 0 Å². The van der Waals surface area contributed by atoms with E-state index in [1.54, 1.807) is 0 Å². The van der Waals surface area contributed by atoms with Crippen molar-refractivity contribution in [2.24, 2.45) is 0 Å². The van der Waals surface area contributed by atoms with Gasteiger partial charge >= 0.3 is 6.18 Å². The minimum atomic E-state index is -4.66. The summed E-state index contributed by atoms with van der Waals surface area (Å²) in [5.74, 6) is -1.75. The van der Waals surface area contributed by atoms with Crippen molar-refractivity contribution in [3.63, 3.8) is 0 Å². The molecule has 0 aromatic carbocycles. The Hall–Kier alpha value is -2.13. The number of rotatable bonds is 3. The molecule has 2 rings (SSSR count). The number of amides is 2. The van der Waals surface area contributed by atoms with E-state index in [1.165, 1.54) is 6.92 Å². The largest absolute Gasteiger partial charge is 0.419 e. The van der Waals surface area contributed by atoms with Gasteiger partial charge in [0.1, 0.15) is 11.0 Å². The molecule has 0 saturated carbocycles. The normalized spacial score (nSPS) is 15.8. The van der Waals surface area contributed by atoms with Gasteiger partial charge in [-0.1, -0.05) is 11.6 Å². The summed E-state index contributed by atoms with van der Waals surface area (Å²) < 4.78 is 37.7. The fourth-order valence-corrected chi connectivity index (χ4v) is 2.06. The molecule has 22 heavy (non-hydrogen) atoms. The highest BCUT2D eigenvalue weighted by Crippen LogP contribution is 2.34. The third-order valence-corrected chi connectivity index (χ3v) is 3.26. The van der Waals surface area contributed by atoms with Crippen LogP contribution in [-0.4, -0.2) is 33.5 Å². The van der Waals surface area contributed by atoms with Crippen LogP contribution in [0.15, 0.2) is 23.3 Å². The van der Waals surface area contributed by atoms with Crippen LogP contribution in [0.1, 0.15) is 12.5 Å². The number of aliphatic hydroxyl groups is 1. The van der Waals surface area contributed by atoms with Crippen molar-refractivity contribution in [2.45, 2.75) is 13.1 Å². The van der Waals surface area contributed by atoms with E-state index in [1.807, 2.05) is 0 Å². The van der Waals surface area contributed by atoms with Gasteiger partial charge < -0.3 is 5.11 Å². The smallest absolute Gasteiger partial charge is 0.391 e. The van der Waals surface area contributed by atoms with E-state index in [0.717, 1.165) is 6.07 Å². The average Bonchev–Trinajstić information content (AvgIpc) is 2.61. The summed E-state index contributed by atoms with van der Waals surface area (Å²) in [6.45, 7) is 0.719. The number of alkyl halides is 3. The van der Waals surface area contributed by atoms with Crippen molar-refractivity contribution in [1.82, 2.24) is 9.99 Å². The number of hydrogen-bond acceptors (Lipinski definition) is 5. The minimum Gasteiger partial charge on any atom is -0.391 e. The van der Waals surface area contributed by atoms with Crippen LogP contribution in [0.5, 0.6) is 0 Å². The fourth-order valence-electron chi connectivity index (χ4n) is 1.79. The van der Waals surface area contributed by atoms with Gasteiger partial charge in [0.2, 0.25) is 0 Å². The molecule has 10 heteroatoms. The van der Waals surface area contributed by atoms with Crippen molar-refractivity contribution < 1.29 is 27.9 Å². The van der Waals surface area contributed by atoms with E-state index in [4.69, 9.17) is 16.7 Å². The predicted molar refractivity (Wildman–Crippen MR) is 69.5 cm³/mol. The van der Waals surface area contributed by atoms with Crippen molar-refractivity contribution in [2.75, 3.05) is 12.0 Å². The highest BCUT2D eigenvalue weighted by molar-refractivity contribution is 6.30. The summed E-state index contributed by atoms with van der Waals surface area (Å²) in [5.41, 5.74) is 1.08. The number of hydrazine groups is 1. The number of aliphatic hydroxyl groups excluding tert-OH is 1. The molecule has 0 saturated heterocycles. The predicted octanol–water partition coefficient (Wildman–Crippen LogP) is 1.76. The van der Waals surface area contributed by atoms with Gasteiger partial charge in [-0.3, -0.25) is 15.0 Å². The zero-order valence-corrected chi connectivity index (χ0v) is 11.8. The summed E-state index contributed by atoms with van der Waals surface area (Å²) in [4.78, 5) is 27.1. The Labute approximate surface area is 127 Å². The van der Waals surface area contributed by atoms with E-state index in [0.29, 0.717) is 11.1 Å². The highest BCUT2D eigenvalue weighted by atomic mass is 35.5. The van der Waals surface area contributed by atoms with Crippen LogP contribution in [0.4, 0.5) is 19.0 Å². The molecule has 0 radical (unpaired) electrons. The molecule has 2 heterocycles. The Morgan fingerprint density at radius 3 is 2.41 bits per heavy atom. The molecule has 0 fully saturated rings. The maximum Gasteiger partial charge on any atom is 0.419 e. The summed E-state index contributed by atoms with van der Waals surface area (Å²) in [5, 5.41) is 8.76. The lowest BCUT2D eigenvalue weighted by Crippen LogP contribution is -2.37. The second-order valence-electron chi connectivity index (χ2n) is 4.35. The number of carbonyl (C=O) groups excluding carboxylic acids is 2. The molecule has 1 aromatic heterocycles. The summed E-state index contributed by atoms with van der Waals surface area (Å²) in [6, 6.07) is 1.61. The number of nitrogens with zero attached hydrogens (tertiary/aromatic N) is 2. The van der Waals surface area contributed by atoms with Gasteiger partial charge in [-0.25, -0.2) is 4.98 Å². The minimum absolute atomic E-state index is 0.0398. The van der Waals surface area contributed by atoms with Gasteiger partial charge in [-0.2, -0.15) is 18.2 Å². The van der Waals surface area contributed by atoms with Crippen LogP contribution < -0.4 is 5.43 Å². The maximum atomic E-state index is 12.6. The quantitative estimate of drug-likeness (QED) is 0.649. The van der Waals surface area contributed by atoms with E-state index in [-0.39, 0.29) is 17.0 Å². The Kier molecular flexibility index (Phi) is 4.12. The lowest BCUT2D eigenvalue weighted by Gasteiger charge is -2.17. The van der Waals surface area contributed by atoms with E-state index in [2.05, 4.69) is 10.4 Å². The Morgan fingerprint density at radius 1 is 1.32 bits per heavy atom. The number of imide groups is 1. The molecule has 0 spiro atoms. The van der Waals surface area contributed by atoms with Crippen LogP contribution >= 0.6 is 11.6 Å². The van der Waals surface area contributed by atoms with Gasteiger partial charge in [-0.15, -0.1) is 0 Å². The molecule has 1 aromatic rings. The van der Waals surface area contributed by atoms with Gasteiger partial charge in [0.15, 0.2) is 0 Å². The monoisotopic (exact) mass is 335 g/mol. The zero-order valence-electron chi connectivity index (χ0n) is 11.0. The molecule has 6 nitrogen and oxygen atoms in total. The molecule has 2 N–H and O–H groups in total. The second-order valence-corrected chi connectivity index (χ2v) is 4.71. The maximum absolute atomic E-state index is 12.6. The molecule has 0 unspecified atom stereocenters. The van der Waals surface area contributed by atoms with E-state index in [9.17, 15) is 22.8 Å². The van der Waals surface area contributed by atoms with Gasteiger partial charge in [0, 0.05) is 5.57 Å². The van der Waals surface area contributed by atoms with Gasteiger partial charge in [0.25, 0.3) is 11.8 Å². The van der Waals surface area contributed by atoms with Crippen LogP contribution in [0, 0.1) is 0 Å². The average molecular weight is 336 g/mol. The summed E-state index contributed by atoms with van der Waals surface area (Å²) >= 11 is 5.45. The van der Waals surface area contributed by atoms with Gasteiger partial charge in [0.05, 0.1) is 17.7 Å². The van der Waals surface area contributed by atoms with Crippen molar-refractivity contribution in [1.29, 1.82) is 0 Å². The number of nitrogens with one attached hydrogen (secondary N) is 1. The highest BCUT2D eigenvalue weighted by Gasteiger charge is 2.37. The first-order valence-corrected chi connectivity index (χ1v) is 6.24. The number of carbonyl (C=O) groups is 2. The van der Waals surface area contributed by atoms with Crippen LogP contribution in [0.25, 0.3) is 0 Å². The number of aromatic nitrogens is 1. The molecule has 1 aliphatic heterocycles. The number of pyridine rings is 1. The Morgan fingerprint density at radius 2 is 1.95 bits per heavy atom. The first-order chi connectivity index (χ1) is 10.2. The van der Waals surface area contributed by atoms with E-state index < -0.39 is 35.3 Å². The number of hydrogen-bond donors (Lipinski definition) is 2. The van der Waals surface area contributed by atoms with Crippen LogP contribution in [0.2, 0.25) is 5.15 Å². The first-order valence-electron chi connectivity index (χ1n) is 5.86. The van der Waals surface area contributed by atoms with E-state index >= 15 is 0 Å². The fraction of sp³-hybridized carbons (Fsp3) is 0.250. The molecule has 0 bridgehead atoms. The molecular weight excluding hydrogens is 327 g/mol. The summed E-state index contributed by atoms with van der Waals surface area (Å²) in [7, 11) is 0. The molecule has 0 aliphatic carbocycles. The standard InChI is InChI=1S/C12H9ClF3N3O3/c1-5-6(4-20)11(22)19(10(5)21)18-8-3-2-7(9(13)17-8)12(14,15)16/h2-3,20H,4H2,1H3,(H,17,18). The van der Waals surface area contributed by atoms with Crippen LogP contribution in [0.3, 0.4) is 0 Å². The lowest BCUT2D eigenvalue weighted by atomic mass is 10.2. The number of halogens is 4. The SMILES string of the molecule is CC1=C(CO)C(=O)N(Nc2ccc(C(F)(F)F)c(Cl)n2)C1=O.